The zero-order valence-corrected chi connectivity index (χ0v) is 11.2. The maximum Gasteiger partial charge on any atom is 0.410 e. The van der Waals surface area contributed by atoms with E-state index in [-0.39, 0.29) is 12.1 Å². The van der Waals surface area contributed by atoms with E-state index in [0.29, 0.717) is 6.54 Å². The molecule has 1 unspecified atom stereocenters. The molecule has 5 heteroatoms. The highest BCUT2D eigenvalue weighted by Gasteiger charge is 2.32. The van der Waals surface area contributed by atoms with Crippen molar-refractivity contribution in [2.45, 2.75) is 51.7 Å². The van der Waals surface area contributed by atoms with Gasteiger partial charge < -0.3 is 9.15 Å². The topological polar surface area (TPSA) is 55.6 Å². The third-order valence-corrected chi connectivity index (χ3v) is 2.92. The number of rotatable bonds is 1. The molecule has 1 fully saturated rings. The molecule has 1 atom stereocenters. The Morgan fingerprint density at radius 1 is 1.50 bits per heavy atom. The lowest BCUT2D eigenvalue weighted by molar-refractivity contribution is 0.00901. The molecule has 0 aliphatic carbocycles. The van der Waals surface area contributed by atoms with E-state index in [0.717, 1.165) is 25.0 Å². The Bertz CT molecular complexity index is 395. The number of carbonyl (C=O) groups is 1. The van der Waals surface area contributed by atoms with Crippen molar-refractivity contribution in [3.05, 3.63) is 18.4 Å². The fraction of sp³-hybridized carbons (Fsp3) is 0.692. The zero-order valence-electron chi connectivity index (χ0n) is 11.2. The largest absolute Gasteiger partial charge is 0.451 e. The molecule has 100 valence electrons. The van der Waals surface area contributed by atoms with Crippen molar-refractivity contribution in [1.82, 2.24) is 9.88 Å². The molecule has 1 aliphatic heterocycles. The Labute approximate surface area is 107 Å². The standard InChI is InChI=1S/C13H20N2O3/c1-13(2,3)18-12(16)15-7-5-4-6-11(15)10-8-17-9-14-10/h8-9,11H,4-7H2,1-3H3. The minimum Gasteiger partial charge on any atom is -0.451 e. The molecule has 1 aliphatic rings. The molecule has 2 rings (SSSR count). The van der Waals surface area contributed by atoms with Gasteiger partial charge in [-0.25, -0.2) is 9.78 Å². The highest BCUT2D eigenvalue weighted by atomic mass is 16.6. The van der Waals surface area contributed by atoms with Crippen LogP contribution in [0.2, 0.25) is 0 Å². The molecule has 1 saturated heterocycles. The maximum atomic E-state index is 12.2. The van der Waals surface area contributed by atoms with Crippen molar-refractivity contribution < 1.29 is 13.9 Å². The first-order chi connectivity index (χ1) is 8.47. The van der Waals surface area contributed by atoms with E-state index in [9.17, 15) is 4.79 Å². The van der Waals surface area contributed by atoms with E-state index < -0.39 is 5.60 Å². The molecule has 0 spiro atoms. The molecule has 0 N–H and O–H groups in total. The summed E-state index contributed by atoms with van der Waals surface area (Å²) < 4.78 is 10.4. The van der Waals surface area contributed by atoms with Crippen molar-refractivity contribution >= 4 is 6.09 Å². The summed E-state index contributed by atoms with van der Waals surface area (Å²) in [6, 6.07) is -0.0210. The van der Waals surface area contributed by atoms with E-state index in [4.69, 9.17) is 9.15 Å². The van der Waals surface area contributed by atoms with Gasteiger partial charge in [0.1, 0.15) is 17.6 Å². The monoisotopic (exact) mass is 252 g/mol. The minimum atomic E-state index is -0.469. The summed E-state index contributed by atoms with van der Waals surface area (Å²) in [5.74, 6) is 0. The van der Waals surface area contributed by atoms with Crippen LogP contribution in [0.1, 0.15) is 51.8 Å². The number of amides is 1. The van der Waals surface area contributed by atoms with Crippen LogP contribution in [0.3, 0.4) is 0 Å². The number of ether oxygens (including phenoxy) is 1. The van der Waals surface area contributed by atoms with Crippen LogP contribution < -0.4 is 0 Å². The average molecular weight is 252 g/mol. The summed E-state index contributed by atoms with van der Waals surface area (Å²) in [5.41, 5.74) is 0.337. The van der Waals surface area contributed by atoms with Crippen molar-refractivity contribution in [2.75, 3.05) is 6.54 Å². The highest BCUT2D eigenvalue weighted by Crippen LogP contribution is 2.31. The van der Waals surface area contributed by atoms with Gasteiger partial charge in [-0.3, -0.25) is 4.90 Å². The van der Waals surface area contributed by atoms with E-state index in [2.05, 4.69) is 4.98 Å². The Morgan fingerprint density at radius 3 is 2.89 bits per heavy atom. The molecule has 5 nitrogen and oxygen atoms in total. The number of hydrogen-bond acceptors (Lipinski definition) is 4. The molecule has 18 heavy (non-hydrogen) atoms. The van der Waals surface area contributed by atoms with E-state index in [1.165, 1.54) is 6.39 Å². The van der Waals surface area contributed by atoms with Gasteiger partial charge in [-0.15, -0.1) is 0 Å². The second kappa shape index (κ2) is 5.00. The average Bonchev–Trinajstić information content (AvgIpc) is 2.80. The zero-order chi connectivity index (χ0) is 13.2. The fourth-order valence-electron chi connectivity index (χ4n) is 2.16. The van der Waals surface area contributed by atoms with Gasteiger partial charge in [0.2, 0.25) is 0 Å². The molecule has 0 aromatic carbocycles. The Morgan fingerprint density at radius 2 is 2.28 bits per heavy atom. The van der Waals surface area contributed by atoms with Gasteiger partial charge in [0.05, 0.1) is 6.04 Å². The third-order valence-electron chi connectivity index (χ3n) is 2.92. The number of carbonyl (C=O) groups excluding carboxylic acids is 1. The second-order valence-electron chi connectivity index (χ2n) is 5.60. The van der Waals surface area contributed by atoms with Crippen LogP contribution in [-0.2, 0) is 4.74 Å². The summed E-state index contributed by atoms with van der Waals surface area (Å²) >= 11 is 0. The number of oxazole rings is 1. The predicted octanol–water partition coefficient (Wildman–Crippen LogP) is 3.14. The van der Waals surface area contributed by atoms with E-state index >= 15 is 0 Å². The maximum absolute atomic E-state index is 12.2. The first-order valence-corrected chi connectivity index (χ1v) is 6.35. The van der Waals surface area contributed by atoms with Crippen molar-refractivity contribution in [1.29, 1.82) is 0 Å². The summed E-state index contributed by atoms with van der Waals surface area (Å²) in [7, 11) is 0. The van der Waals surface area contributed by atoms with Crippen molar-refractivity contribution in [2.24, 2.45) is 0 Å². The molecule has 1 aromatic rings. The molecular weight excluding hydrogens is 232 g/mol. The summed E-state index contributed by atoms with van der Waals surface area (Å²) in [5, 5.41) is 0. The smallest absolute Gasteiger partial charge is 0.410 e. The van der Waals surface area contributed by atoms with Crippen LogP contribution in [-0.4, -0.2) is 28.1 Å². The number of nitrogens with zero attached hydrogens (tertiary/aromatic N) is 2. The first-order valence-electron chi connectivity index (χ1n) is 6.35. The minimum absolute atomic E-state index is 0.0210. The van der Waals surface area contributed by atoms with Gasteiger partial charge in [-0.05, 0) is 40.0 Å². The van der Waals surface area contributed by atoms with Crippen LogP contribution in [0.15, 0.2) is 17.1 Å². The van der Waals surface area contributed by atoms with Crippen LogP contribution in [0, 0.1) is 0 Å². The highest BCUT2D eigenvalue weighted by molar-refractivity contribution is 5.68. The molecule has 0 bridgehead atoms. The van der Waals surface area contributed by atoms with Crippen LogP contribution in [0.4, 0.5) is 4.79 Å². The fourth-order valence-corrected chi connectivity index (χ4v) is 2.16. The summed E-state index contributed by atoms with van der Waals surface area (Å²) in [6.07, 6.45) is 5.75. The molecular formula is C13H20N2O3. The van der Waals surface area contributed by atoms with Crippen LogP contribution >= 0.6 is 0 Å². The lowest BCUT2D eigenvalue weighted by Crippen LogP contribution is -2.41. The predicted molar refractivity (Wildman–Crippen MR) is 66.0 cm³/mol. The number of piperidine rings is 1. The quantitative estimate of drug-likeness (QED) is 0.770. The summed E-state index contributed by atoms with van der Waals surface area (Å²) in [6.45, 7) is 6.34. The van der Waals surface area contributed by atoms with Crippen molar-refractivity contribution in [3.63, 3.8) is 0 Å². The normalized spacial score (nSPS) is 20.8. The van der Waals surface area contributed by atoms with Gasteiger partial charge in [0.15, 0.2) is 6.39 Å². The molecule has 2 heterocycles. The molecule has 0 saturated carbocycles. The Hall–Kier alpha value is -1.52. The van der Waals surface area contributed by atoms with E-state index in [1.807, 2.05) is 20.8 Å². The first kappa shape index (κ1) is 12.9. The number of likely N-dealkylation sites (tertiary alicyclic amines) is 1. The Balaban J connectivity index is 2.11. The SMILES string of the molecule is CC(C)(C)OC(=O)N1CCCCC1c1cocn1. The van der Waals surface area contributed by atoms with Gasteiger partial charge in [0.25, 0.3) is 0 Å². The molecule has 1 aromatic heterocycles. The van der Waals surface area contributed by atoms with Crippen LogP contribution in [0.5, 0.6) is 0 Å². The lowest BCUT2D eigenvalue weighted by Gasteiger charge is -2.35. The molecule has 0 radical (unpaired) electrons. The van der Waals surface area contributed by atoms with E-state index in [1.54, 1.807) is 11.2 Å². The second-order valence-corrected chi connectivity index (χ2v) is 5.60. The lowest BCUT2D eigenvalue weighted by atomic mass is 10.0. The summed E-state index contributed by atoms with van der Waals surface area (Å²) in [4.78, 5) is 18.1. The van der Waals surface area contributed by atoms with Gasteiger partial charge >= 0.3 is 6.09 Å². The third kappa shape index (κ3) is 3.03. The van der Waals surface area contributed by atoms with Gasteiger partial charge in [0, 0.05) is 6.54 Å². The van der Waals surface area contributed by atoms with Gasteiger partial charge in [-0.2, -0.15) is 0 Å². The molecule has 1 amide bonds. The number of hydrogen-bond donors (Lipinski definition) is 0. The Kier molecular flexibility index (Phi) is 3.59. The van der Waals surface area contributed by atoms with Gasteiger partial charge in [-0.1, -0.05) is 0 Å². The van der Waals surface area contributed by atoms with Crippen molar-refractivity contribution in [3.8, 4) is 0 Å². The number of aromatic nitrogens is 1. The van der Waals surface area contributed by atoms with Crippen LogP contribution in [0.25, 0.3) is 0 Å².